The largest absolute Gasteiger partial charge is 0.310 e. The molecule has 0 aliphatic rings. The molecule has 53 heavy (non-hydrogen) atoms. The Labute approximate surface area is 309 Å². The number of hydrogen-bond donors (Lipinski definition) is 0. The second kappa shape index (κ2) is 13.0. The molecule has 0 unspecified atom stereocenters. The molecule has 0 heterocycles. The molecule has 0 bridgehead atoms. The van der Waals surface area contributed by atoms with Crippen molar-refractivity contribution in [1.29, 1.82) is 0 Å². The summed E-state index contributed by atoms with van der Waals surface area (Å²) in [4.78, 5) is 2.38. The van der Waals surface area contributed by atoms with Crippen molar-refractivity contribution in [2.75, 3.05) is 4.90 Å². The molecule has 0 saturated carbocycles. The minimum absolute atomic E-state index is 1.10. The van der Waals surface area contributed by atoms with Gasteiger partial charge in [-0.2, -0.15) is 0 Å². The van der Waals surface area contributed by atoms with Crippen molar-refractivity contribution in [3.63, 3.8) is 0 Å². The lowest BCUT2D eigenvalue weighted by molar-refractivity contribution is 1.28. The minimum Gasteiger partial charge on any atom is -0.310 e. The fourth-order valence-electron chi connectivity index (χ4n) is 8.09. The molecule has 0 atom stereocenters. The highest BCUT2D eigenvalue weighted by atomic mass is 15.1. The number of anilines is 3. The zero-order chi connectivity index (χ0) is 35.1. The van der Waals surface area contributed by atoms with Crippen LogP contribution in [0.3, 0.4) is 0 Å². The fourth-order valence-corrected chi connectivity index (χ4v) is 8.09. The monoisotopic (exact) mass is 673 g/mol. The predicted octanol–water partition coefficient (Wildman–Crippen LogP) is 14.8. The predicted molar refractivity (Wildman–Crippen MR) is 227 cm³/mol. The Morgan fingerprint density at radius 1 is 0.226 bits per heavy atom. The standard InChI is InChI=1S/C52H35N/c1-4-19-45-36(12-1)15-10-24-47(45)38-26-30-42(31-27-38)53(43-32-28-39(29-33-43)48-25-11-16-37-13-2-5-20-46(37)48)44-18-9-17-40(34-44)52-35-41-14-3-6-21-49(41)50-22-7-8-23-51(50)52/h1-35H. The van der Waals surface area contributed by atoms with E-state index in [-0.39, 0.29) is 0 Å². The van der Waals surface area contributed by atoms with Crippen LogP contribution in [0.5, 0.6) is 0 Å². The van der Waals surface area contributed by atoms with Crippen LogP contribution >= 0.6 is 0 Å². The lowest BCUT2D eigenvalue weighted by Gasteiger charge is -2.27. The molecule has 0 aliphatic carbocycles. The Morgan fingerprint density at radius 2 is 0.679 bits per heavy atom. The second-order valence-corrected chi connectivity index (χ2v) is 13.7. The first kappa shape index (κ1) is 30.8. The summed E-state index contributed by atoms with van der Waals surface area (Å²) in [5.74, 6) is 0. The van der Waals surface area contributed by atoms with Gasteiger partial charge in [-0.15, -0.1) is 0 Å². The summed E-state index contributed by atoms with van der Waals surface area (Å²) in [7, 11) is 0. The van der Waals surface area contributed by atoms with Gasteiger partial charge in [-0.05, 0) is 119 Å². The van der Waals surface area contributed by atoms with Gasteiger partial charge in [0.25, 0.3) is 0 Å². The van der Waals surface area contributed by atoms with Crippen molar-refractivity contribution in [1.82, 2.24) is 0 Å². The van der Waals surface area contributed by atoms with Crippen LogP contribution < -0.4 is 4.90 Å². The van der Waals surface area contributed by atoms with Crippen LogP contribution in [0, 0.1) is 0 Å². The summed E-state index contributed by atoms with van der Waals surface area (Å²) in [5, 5.41) is 10.1. The molecule has 248 valence electrons. The van der Waals surface area contributed by atoms with E-state index >= 15 is 0 Å². The summed E-state index contributed by atoms with van der Waals surface area (Å²) in [6.07, 6.45) is 0. The van der Waals surface area contributed by atoms with Gasteiger partial charge in [0.05, 0.1) is 0 Å². The fraction of sp³-hybridized carbons (Fsp3) is 0. The smallest absolute Gasteiger partial charge is 0.0467 e. The van der Waals surface area contributed by atoms with Crippen LogP contribution in [0.4, 0.5) is 17.1 Å². The highest BCUT2D eigenvalue weighted by Crippen LogP contribution is 2.41. The zero-order valence-electron chi connectivity index (χ0n) is 29.2. The quantitative estimate of drug-likeness (QED) is 0.159. The molecule has 10 aromatic rings. The van der Waals surface area contributed by atoms with E-state index in [1.807, 2.05) is 0 Å². The SMILES string of the molecule is c1cc(-c2cc3ccccc3c3ccccc23)cc(N(c2ccc(-c3cccc4ccccc34)cc2)c2ccc(-c3cccc4ccccc34)cc2)c1. The zero-order valence-corrected chi connectivity index (χ0v) is 29.2. The highest BCUT2D eigenvalue weighted by molar-refractivity contribution is 6.14. The average molecular weight is 674 g/mol. The number of hydrogen-bond acceptors (Lipinski definition) is 1. The molecule has 0 N–H and O–H groups in total. The summed E-state index contributed by atoms with van der Waals surface area (Å²) >= 11 is 0. The van der Waals surface area contributed by atoms with Gasteiger partial charge in [-0.25, -0.2) is 0 Å². The van der Waals surface area contributed by atoms with Crippen LogP contribution in [0.25, 0.3) is 76.5 Å². The van der Waals surface area contributed by atoms with Crippen LogP contribution in [0.1, 0.15) is 0 Å². The maximum atomic E-state index is 2.38. The van der Waals surface area contributed by atoms with Gasteiger partial charge in [-0.1, -0.05) is 170 Å². The third kappa shape index (κ3) is 5.51. The molecule has 10 rings (SSSR count). The van der Waals surface area contributed by atoms with Gasteiger partial charge in [-0.3, -0.25) is 0 Å². The van der Waals surface area contributed by atoms with Crippen LogP contribution in [0.15, 0.2) is 212 Å². The van der Waals surface area contributed by atoms with Crippen LogP contribution in [0.2, 0.25) is 0 Å². The first-order chi connectivity index (χ1) is 26.3. The molecule has 0 saturated heterocycles. The van der Waals surface area contributed by atoms with E-state index in [9.17, 15) is 0 Å². The minimum atomic E-state index is 1.10. The molecule has 0 amide bonds. The number of nitrogens with zero attached hydrogens (tertiary/aromatic N) is 1. The Hall–Kier alpha value is -6.96. The van der Waals surface area contributed by atoms with Crippen molar-refractivity contribution in [3.8, 4) is 33.4 Å². The Kier molecular flexibility index (Phi) is 7.55. The van der Waals surface area contributed by atoms with Gasteiger partial charge in [0.15, 0.2) is 0 Å². The topological polar surface area (TPSA) is 3.24 Å². The molecule has 0 aromatic heterocycles. The number of rotatable bonds is 6. The summed E-state index contributed by atoms with van der Waals surface area (Å²) in [5.41, 5.74) is 10.6. The van der Waals surface area contributed by atoms with Crippen molar-refractivity contribution in [2.24, 2.45) is 0 Å². The van der Waals surface area contributed by atoms with E-state index in [1.54, 1.807) is 0 Å². The number of fused-ring (bicyclic) bond motifs is 5. The summed E-state index contributed by atoms with van der Waals surface area (Å²) in [6.45, 7) is 0. The van der Waals surface area contributed by atoms with Gasteiger partial charge < -0.3 is 4.90 Å². The Bertz CT molecular complexity index is 2800. The van der Waals surface area contributed by atoms with E-state index in [0.29, 0.717) is 0 Å². The molecule has 10 aromatic carbocycles. The van der Waals surface area contributed by atoms with Crippen molar-refractivity contribution < 1.29 is 0 Å². The molecule has 0 aliphatic heterocycles. The third-order valence-corrected chi connectivity index (χ3v) is 10.6. The normalized spacial score (nSPS) is 11.4. The van der Waals surface area contributed by atoms with Gasteiger partial charge in [0, 0.05) is 17.1 Å². The molecule has 0 fully saturated rings. The van der Waals surface area contributed by atoms with Gasteiger partial charge in [0.1, 0.15) is 0 Å². The van der Waals surface area contributed by atoms with Gasteiger partial charge in [0.2, 0.25) is 0 Å². The van der Waals surface area contributed by atoms with E-state index < -0.39 is 0 Å². The van der Waals surface area contributed by atoms with Crippen molar-refractivity contribution in [3.05, 3.63) is 212 Å². The summed E-state index contributed by atoms with van der Waals surface area (Å²) < 4.78 is 0. The lowest BCUT2D eigenvalue weighted by atomic mass is 9.93. The molecular formula is C52H35N. The first-order valence-electron chi connectivity index (χ1n) is 18.3. The Balaban J connectivity index is 1.11. The Morgan fingerprint density at radius 3 is 1.26 bits per heavy atom. The van der Waals surface area contributed by atoms with E-state index in [1.165, 1.54) is 76.5 Å². The average Bonchev–Trinajstić information content (AvgIpc) is 3.24. The molecule has 1 nitrogen and oxygen atoms in total. The van der Waals surface area contributed by atoms with Crippen molar-refractivity contribution in [2.45, 2.75) is 0 Å². The molecule has 0 radical (unpaired) electrons. The third-order valence-electron chi connectivity index (χ3n) is 10.6. The maximum absolute atomic E-state index is 2.38. The van der Waals surface area contributed by atoms with Crippen molar-refractivity contribution >= 4 is 60.2 Å². The lowest BCUT2D eigenvalue weighted by Crippen LogP contribution is -2.10. The van der Waals surface area contributed by atoms with E-state index in [0.717, 1.165) is 17.1 Å². The van der Waals surface area contributed by atoms with E-state index in [4.69, 9.17) is 0 Å². The van der Waals surface area contributed by atoms with Gasteiger partial charge >= 0.3 is 0 Å². The highest BCUT2D eigenvalue weighted by Gasteiger charge is 2.16. The molecular weight excluding hydrogens is 639 g/mol. The second-order valence-electron chi connectivity index (χ2n) is 13.7. The van der Waals surface area contributed by atoms with E-state index in [2.05, 4.69) is 217 Å². The first-order valence-corrected chi connectivity index (χ1v) is 18.3. The van der Waals surface area contributed by atoms with Crippen LogP contribution in [-0.4, -0.2) is 0 Å². The number of benzene rings is 10. The maximum Gasteiger partial charge on any atom is 0.0467 e. The molecule has 0 spiro atoms. The summed E-state index contributed by atoms with van der Waals surface area (Å²) in [6, 6.07) is 77.2. The van der Waals surface area contributed by atoms with Crippen LogP contribution in [-0.2, 0) is 0 Å². The molecule has 1 heteroatoms.